The van der Waals surface area contributed by atoms with Crippen molar-refractivity contribution in [1.29, 1.82) is 0 Å². The van der Waals surface area contributed by atoms with Gasteiger partial charge in [-0.1, -0.05) is 17.7 Å². The summed E-state index contributed by atoms with van der Waals surface area (Å²) in [6.45, 7) is 1.50. The highest BCUT2D eigenvalue weighted by molar-refractivity contribution is 7.89. The van der Waals surface area contributed by atoms with E-state index in [1.165, 1.54) is 18.3 Å². The molecule has 102 valence electrons. The quantitative estimate of drug-likeness (QED) is 0.940. The molecule has 2 aromatic rings. The van der Waals surface area contributed by atoms with Gasteiger partial charge in [-0.2, -0.15) is 0 Å². The van der Waals surface area contributed by atoms with Crippen LogP contribution >= 0.6 is 11.6 Å². The average Bonchev–Trinajstić information content (AvgIpc) is 2.72. The van der Waals surface area contributed by atoms with Crippen LogP contribution in [0.25, 0.3) is 0 Å². The van der Waals surface area contributed by atoms with E-state index in [2.05, 4.69) is 9.71 Å². The van der Waals surface area contributed by atoms with Gasteiger partial charge in [0.1, 0.15) is 16.5 Å². The summed E-state index contributed by atoms with van der Waals surface area (Å²) in [7, 11) is -4.07. The van der Waals surface area contributed by atoms with E-state index in [1.807, 2.05) is 0 Å². The number of nitrogens with zero attached hydrogens (tertiary/aromatic N) is 1. The summed E-state index contributed by atoms with van der Waals surface area (Å²) >= 11 is 5.70. The van der Waals surface area contributed by atoms with Gasteiger partial charge in [0.15, 0.2) is 0 Å². The van der Waals surface area contributed by atoms with Crippen LogP contribution in [0, 0.1) is 12.7 Å². The smallest absolute Gasteiger partial charge is 0.245 e. The minimum Gasteiger partial charge on any atom is -0.445 e. The maximum atomic E-state index is 13.5. The van der Waals surface area contributed by atoms with Crippen molar-refractivity contribution < 1.29 is 17.2 Å². The van der Waals surface area contributed by atoms with Crippen molar-refractivity contribution in [2.45, 2.75) is 18.4 Å². The van der Waals surface area contributed by atoms with Crippen LogP contribution in [0.2, 0.25) is 5.02 Å². The summed E-state index contributed by atoms with van der Waals surface area (Å²) in [5.41, 5.74) is 0. The molecule has 0 amide bonds. The summed E-state index contributed by atoms with van der Waals surface area (Å²) in [5.74, 6) is -0.171. The molecule has 0 aliphatic heterocycles. The second-order valence-electron chi connectivity index (χ2n) is 3.74. The summed E-state index contributed by atoms with van der Waals surface area (Å²) in [5, 5.41) is -0.184. The molecule has 1 heterocycles. The van der Waals surface area contributed by atoms with Crippen molar-refractivity contribution in [3.63, 3.8) is 0 Å². The molecule has 0 aliphatic carbocycles. The summed E-state index contributed by atoms with van der Waals surface area (Å²) < 4.78 is 44.7. The Hall–Kier alpha value is -1.44. The SMILES string of the molecule is Cc1cnc(CNS(=O)(=O)c2c(F)cccc2Cl)o1. The number of halogens is 2. The summed E-state index contributed by atoms with van der Waals surface area (Å²) in [6, 6.07) is 3.65. The first-order chi connectivity index (χ1) is 8.90. The normalized spacial score (nSPS) is 11.7. The van der Waals surface area contributed by atoms with Crippen LogP contribution < -0.4 is 4.72 Å². The maximum Gasteiger partial charge on any atom is 0.245 e. The Morgan fingerprint density at radius 2 is 2.21 bits per heavy atom. The maximum absolute atomic E-state index is 13.5. The van der Waals surface area contributed by atoms with Crippen LogP contribution in [0.5, 0.6) is 0 Å². The van der Waals surface area contributed by atoms with E-state index < -0.39 is 20.7 Å². The van der Waals surface area contributed by atoms with E-state index in [1.54, 1.807) is 6.92 Å². The lowest BCUT2D eigenvalue weighted by atomic mass is 10.3. The number of hydrogen-bond acceptors (Lipinski definition) is 4. The number of aromatic nitrogens is 1. The van der Waals surface area contributed by atoms with E-state index in [4.69, 9.17) is 16.0 Å². The molecule has 1 aromatic carbocycles. The molecule has 5 nitrogen and oxygen atoms in total. The lowest BCUT2D eigenvalue weighted by Gasteiger charge is -2.07. The van der Waals surface area contributed by atoms with Crippen LogP contribution in [0.4, 0.5) is 4.39 Å². The molecule has 0 atom stereocenters. The Morgan fingerprint density at radius 3 is 2.79 bits per heavy atom. The van der Waals surface area contributed by atoms with Crippen molar-refractivity contribution >= 4 is 21.6 Å². The Morgan fingerprint density at radius 1 is 1.47 bits per heavy atom. The topological polar surface area (TPSA) is 72.2 Å². The number of sulfonamides is 1. The molecule has 0 radical (unpaired) electrons. The van der Waals surface area contributed by atoms with Gasteiger partial charge in [-0.15, -0.1) is 0 Å². The fraction of sp³-hybridized carbons (Fsp3) is 0.182. The minimum atomic E-state index is -4.07. The van der Waals surface area contributed by atoms with Crippen LogP contribution in [0.1, 0.15) is 11.7 Å². The molecule has 0 fully saturated rings. The highest BCUT2D eigenvalue weighted by atomic mass is 35.5. The zero-order valence-electron chi connectivity index (χ0n) is 9.85. The van der Waals surface area contributed by atoms with Crippen molar-refractivity contribution in [2.24, 2.45) is 0 Å². The van der Waals surface area contributed by atoms with Gasteiger partial charge in [-0.05, 0) is 19.1 Å². The third-order valence-corrected chi connectivity index (χ3v) is 4.17. The standard InChI is InChI=1S/C11H10ClFN2O3S/c1-7-5-14-10(18-7)6-15-19(16,17)11-8(12)3-2-4-9(11)13/h2-5,15H,6H2,1H3. The second kappa shape index (κ2) is 5.28. The predicted octanol–water partition coefficient (Wildman–Crippen LogP) is 2.25. The predicted molar refractivity (Wildman–Crippen MR) is 66.7 cm³/mol. The van der Waals surface area contributed by atoms with E-state index >= 15 is 0 Å². The molecule has 0 aliphatic rings. The van der Waals surface area contributed by atoms with Crippen molar-refractivity contribution in [3.05, 3.63) is 46.9 Å². The van der Waals surface area contributed by atoms with Gasteiger partial charge in [-0.25, -0.2) is 22.5 Å². The molecule has 0 spiro atoms. The van der Waals surface area contributed by atoms with Gasteiger partial charge >= 0.3 is 0 Å². The zero-order chi connectivity index (χ0) is 14.0. The number of aryl methyl sites for hydroxylation is 1. The molecule has 1 aromatic heterocycles. The highest BCUT2D eigenvalue weighted by Crippen LogP contribution is 2.24. The van der Waals surface area contributed by atoms with E-state index in [0.717, 1.165) is 6.07 Å². The van der Waals surface area contributed by atoms with E-state index in [9.17, 15) is 12.8 Å². The monoisotopic (exact) mass is 304 g/mol. The molecular weight excluding hydrogens is 295 g/mol. The fourth-order valence-corrected chi connectivity index (χ4v) is 3.03. The molecule has 1 N–H and O–H groups in total. The van der Waals surface area contributed by atoms with Crippen molar-refractivity contribution in [3.8, 4) is 0 Å². The zero-order valence-corrected chi connectivity index (χ0v) is 11.4. The first-order valence-electron chi connectivity index (χ1n) is 5.25. The number of oxazole rings is 1. The Kier molecular flexibility index (Phi) is 3.88. The molecule has 8 heteroatoms. The van der Waals surface area contributed by atoms with Gasteiger partial charge in [0.2, 0.25) is 15.9 Å². The lowest BCUT2D eigenvalue weighted by molar-refractivity contribution is 0.462. The van der Waals surface area contributed by atoms with Crippen LogP contribution in [0.3, 0.4) is 0 Å². The summed E-state index contributed by atoms with van der Waals surface area (Å²) in [6.07, 6.45) is 1.46. The van der Waals surface area contributed by atoms with E-state index in [0.29, 0.717) is 5.76 Å². The molecular formula is C11H10ClFN2O3S. The number of benzene rings is 1. The third kappa shape index (κ3) is 3.12. The van der Waals surface area contributed by atoms with Gasteiger partial charge in [0, 0.05) is 0 Å². The van der Waals surface area contributed by atoms with Gasteiger partial charge in [0.25, 0.3) is 0 Å². The second-order valence-corrected chi connectivity index (χ2v) is 5.85. The fourth-order valence-electron chi connectivity index (χ4n) is 1.45. The Bertz CT molecular complexity index is 679. The molecule has 0 unspecified atom stereocenters. The van der Waals surface area contributed by atoms with Crippen molar-refractivity contribution in [1.82, 2.24) is 9.71 Å². The molecule has 0 bridgehead atoms. The van der Waals surface area contributed by atoms with E-state index in [-0.39, 0.29) is 17.5 Å². The van der Waals surface area contributed by atoms with Crippen LogP contribution in [-0.4, -0.2) is 13.4 Å². The van der Waals surface area contributed by atoms with Crippen molar-refractivity contribution in [2.75, 3.05) is 0 Å². The largest absolute Gasteiger partial charge is 0.445 e. The van der Waals surface area contributed by atoms with Gasteiger partial charge < -0.3 is 4.42 Å². The first-order valence-corrected chi connectivity index (χ1v) is 7.11. The van der Waals surface area contributed by atoms with Gasteiger partial charge in [0.05, 0.1) is 17.8 Å². The number of rotatable bonds is 4. The average molecular weight is 305 g/mol. The molecule has 0 saturated heterocycles. The highest BCUT2D eigenvalue weighted by Gasteiger charge is 2.22. The van der Waals surface area contributed by atoms with Crippen LogP contribution in [-0.2, 0) is 16.6 Å². The van der Waals surface area contributed by atoms with Gasteiger partial charge in [-0.3, -0.25) is 0 Å². The third-order valence-electron chi connectivity index (χ3n) is 2.27. The first kappa shape index (κ1) is 14.0. The molecule has 0 saturated carbocycles. The number of nitrogens with one attached hydrogen (secondary N) is 1. The molecule has 2 rings (SSSR count). The lowest BCUT2D eigenvalue weighted by Crippen LogP contribution is -2.24. The molecule has 19 heavy (non-hydrogen) atoms. The number of hydrogen-bond donors (Lipinski definition) is 1. The minimum absolute atomic E-state index is 0.180. The Balaban J connectivity index is 2.23. The van der Waals surface area contributed by atoms with Crippen LogP contribution in [0.15, 0.2) is 33.7 Å². The summed E-state index contributed by atoms with van der Waals surface area (Å²) in [4.78, 5) is 3.25. The Labute approximate surface area is 114 Å².